The predicted molar refractivity (Wildman–Crippen MR) is 83.8 cm³/mol. The number of aromatic carboxylic acids is 1. The van der Waals surface area contributed by atoms with E-state index in [1.54, 1.807) is 0 Å². The van der Waals surface area contributed by atoms with Gasteiger partial charge in [0.2, 0.25) is 0 Å². The first kappa shape index (κ1) is 15.8. The maximum Gasteiger partial charge on any atom is 0.335 e. The molecular weight excluding hydrogens is 320 g/mol. The van der Waals surface area contributed by atoms with Crippen LogP contribution in [0.3, 0.4) is 0 Å². The number of carboxylic acids is 1. The van der Waals surface area contributed by atoms with E-state index in [1.165, 1.54) is 12.1 Å². The number of hydrogen-bond donors (Lipinski definition) is 1. The van der Waals surface area contributed by atoms with Gasteiger partial charge in [-0.1, -0.05) is 41.9 Å². The first-order valence-corrected chi connectivity index (χ1v) is 7.49. The van der Waals surface area contributed by atoms with Crippen molar-refractivity contribution < 1.29 is 24.1 Å². The van der Waals surface area contributed by atoms with Crippen LogP contribution in [0.25, 0.3) is 0 Å². The van der Waals surface area contributed by atoms with Crippen LogP contribution in [0.2, 0.25) is 5.02 Å². The van der Waals surface area contributed by atoms with Crippen LogP contribution in [0.1, 0.15) is 27.8 Å². The third-order valence-electron chi connectivity index (χ3n) is 3.42. The highest BCUT2D eigenvalue weighted by Gasteiger charge is 2.26. The summed E-state index contributed by atoms with van der Waals surface area (Å²) in [7, 11) is 0. The molecule has 1 aliphatic heterocycles. The van der Waals surface area contributed by atoms with Crippen LogP contribution in [0.5, 0.6) is 5.75 Å². The summed E-state index contributed by atoms with van der Waals surface area (Å²) in [6.45, 7) is 1.20. The van der Waals surface area contributed by atoms with Crippen molar-refractivity contribution in [2.24, 2.45) is 0 Å². The molecule has 6 heteroatoms. The zero-order valence-corrected chi connectivity index (χ0v) is 13.0. The van der Waals surface area contributed by atoms with E-state index in [4.69, 9.17) is 25.8 Å². The molecule has 2 aromatic carbocycles. The number of ether oxygens (including phenoxy) is 3. The number of rotatable bonds is 5. The lowest BCUT2D eigenvalue weighted by Gasteiger charge is -2.17. The summed E-state index contributed by atoms with van der Waals surface area (Å²) in [5, 5.41) is 9.41. The van der Waals surface area contributed by atoms with Crippen molar-refractivity contribution in [3.8, 4) is 5.75 Å². The Kier molecular flexibility index (Phi) is 4.81. The molecule has 1 saturated heterocycles. The maximum atomic E-state index is 11.2. The smallest absolute Gasteiger partial charge is 0.335 e. The molecule has 2 aromatic rings. The summed E-state index contributed by atoms with van der Waals surface area (Å²) >= 11 is 6.22. The zero-order chi connectivity index (χ0) is 16.2. The van der Waals surface area contributed by atoms with E-state index in [-0.39, 0.29) is 10.6 Å². The normalized spacial score (nSPS) is 14.8. The first-order chi connectivity index (χ1) is 11.1. The largest absolute Gasteiger partial charge is 0.487 e. The Bertz CT molecular complexity index is 696. The number of hydrogen-bond acceptors (Lipinski definition) is 4. The molecular formula is C17H15ClO5. The molecule has 0 radical (unpaired) electrons. The van der Waals surface area contributed by atoms with Gasteiger partial charge in [-0.2, -0.15) is 0 Å². The fourth-order valence-electron chi connectivity index (χ4n) is 2.33. The fraction of sp³-hybridized carbons (Fsp3) is 0.235. The van der Waals surface area contributed by atoms with E-state index in [0.29, 0.717) is 31.1 Å². The zero-order valence-electron chi connectivity index (χ0n) is 12.2. The second-order valence-electron chi connectivity index (χ2n) is 5.03. The third-order valence-corrected chi connectivity index (χ3v) is 3.70. The van der Waals surface area contributed by atoms with Crippen LogP contribution >= 0.6 is 11.6 Å². The molecule has 1 N–H and O–H groups in total. The maximum absolute atomic E-state index is 11.2. The van der Waals surface area contributed by atoms with Crippen LogP contribution in [-0.2, 0) is 16.1 Å². The molecule has 3 rings (SSSR count). The van der Waals surface area contributed by atoms with Gasteiger partial charge in [0, 0.05) is 0 Å². The van der Waals surface area contributed by atoms with E-state index in [9.17, 15) is 9.90 Å². The molecule has 1 fully saturated rings. The Balaban J connectivity index is 1.92. The first-order valence-electron chi connectivity index (χ1n) is 7.12. The average molecular weight is 335 g/mol. The molecule has 1 heterocycles. The lowest BCUT2D eigenvalue weighted by molar-refractivity contribution is -0.0459. The minimum absolute atomic E-state index is 0.0659. The molecule has 5 nitrogen and oxygen atoms in total. The Morgan fingerprint density at radius 3 is 2.57 bits per heavy atom. The van der Waals surface area contributed by atoms with Crippen molar-refractivity contribution in [1.29, 1.82) is 0 Å². The average Bonchev–Trinajstić information content (AvgIpc) is 3.08. The van der Waals surface area contributed by atoms with Gasteiger partial charge in [0.1, 0.15) is 12.4 Å². The van der Waals surface area contributed by atoms with Crippen LogP contribution in [-0.4, -0.2) is 24.3 Å². The summed E-state index contributed by atoms with van der Waals surface area (Å²) in [6, 6.07) is 12.5. The Labute approximate surface area is 138 Å². The minimum atomic E-state index is -1.07. The molecule has 1 aliphatic rings. The summed E-state index contributed by atoms with van der Waals surface area (Å²) in [6.07, 6.45) is -0.669. The van der Waals surface area contributed by atoms with E-state index >= 15 is 0 Å². The van der Waals surface area contributed by atoms with Crippen molar-refractivity contribution >= 4 is 17.6 Å². The van der Waals surface area contributed by atoms with E-state index < -0.39 is 12.3 Å². The predicted octanol–water partition coefficient (Wildman–Crippen LogP) is 3.66. The SMILES string of the molecule is O=C(O)c1cc(Cl)c(OCc2ccccc2)c(C2OCCO2)c1. The Hall–Kier alpha value is -2.08. The highest BCUT2D eigenvalue weighted by Crippen LogP contribution is 2.38. The van der Waals surface area contributed by atoms with E-state index in [0.717, 1.165) is 5.56 Å². The minimum Gasteiger partial charge on any atom is -0.487 e. The monoisotopic (exact) mass is 334 g/mol. The fourth-order valence-corrected chi connectivity index (χ4v) is 2.61. The Morgan fingerprint density at radius 2 is 1.91 bits per heavy atom. The van der Waals surface area contributed by atoms with Gasteiger partial charge >= 0.3 is 5.97 Å². The van der Waals surface area contributed by atoms with Crippen LogP contribution in [0, 0.1) is 0 Å². The number of carboxylic acid groups (broad SMARTS) is 1. The lowest BCUT2D eigenvalue weighted by Crippen LogP contribution is -2.07. The van der Waals surface area contributed by atoms with Crippen molar-refractivity contribution in [3.05, 3.63) is 64.2 Å². The molecule has 0 aliphatic carbocycles. The molecule has 0 saturated carbocycles. The molecule has 0 spiro atoms. The third kappa shape index (κ3) is 3.64. The van der Waals surface area contributed by atoms with Gasteiger partial charge in [0.05, 0.1) is 29.4 Å². The molecule has 0 amide bonds. The quantitative estimate of drug-likeness (QED) is 0.904. The standard InChI is InChI=1S/C17H15ClO5/c18-14-9-12(16(19)20)8-13(17-21-6-7-22-17)15(14)23-10-11-4-2-1-3-5-11/h1-5,8-9,17H,6-7,10H2,(H,19,20). The second kappa shape index (κ2) is 7.00. The number of carbonyl (C=O) groups is 1. The second-order valence-corrected chi connectivity index (χ2v) is 5.44. The summed E-state index contributed by atoms with van der Waals surface area (Å²) in [5.41, 5.74) is 1.53. The van der Waals surface area contributed by atoms with E-state index in [1.807, 2.05) is 30.3 Å². The molecule has 0 unspecified atom stereocenters. The molecule has 0 aromatic heterocycles. The molecule has 0 atom stereocenters. The van der Waals surface area contributed by atoms with Crippen LogP contribution in [0.15, 0.2) is 42.5 Å². The number of halogens is 1. The summed E-state index contributed by atoms with van der Waals surface area (Å²) in [4.78, 5) is 11.2. The van der Waals surface area contributed by atoms with Crippen LogP contribution < -0.4 is 4.74 Å². The van der Waals surface area contributed by atoms with Gasteiger partial charge in [0.25, 0.3) is 0 Å². The topological polar surface area (TPSA) is 65.0 Å². The molecule has 0 bridgehead atoms. The van der Waals surface area contributed by atoms with Crippen molar-refractivity contribution in [2.75, 3.05) is 13.2 Å². The summed E-state index contributed by atoms with van der Waals surface area (Å²) in [5.74, 6) is -0.687. The molecule has 23 heavy (non-hydrogen) atoms. The van der Waals surface area contributed by atoms with Crippen LogP contribution in [0.4, 0.5) is 0 Å². The molecule has 120 valence electrons. The highest BCUT2D eigenvalue weighted by atomic mass is 35.5. The van der Waals surface area contributed by atoms with Gasteiger partial charge in [0.15, 0.2) is 6.29 Å². The summed E-state index contributed by atoms with van der Waals surface area (Å²) < 4.78 is 16.8. The number of benzene rings is 2. The van der Waals surface area contributed by atoms with Gasteiger partial charge in [-0.25, -0.2) is 4.79 Å². The van der Waals surface area contributed by atoms with Crippen molar-refractivity contribution in [2.45, 2.75) is 12.9 Å². The van der Waals surface area contributed by atoms with Crippen molar-refractivity contribution in [1.82, 2.24) is 0 Å². The van der Waals surface area contributed by atoms with Gasteiger partial charge in [-0.15, -0.1) is 0 Å². The van der Waals surface area contributed by atoms with Gasteiger partial charge < -0.3 is 19.3 Å². The highest BCUT2D eigenvalue weighted by molar-refractivity contribution is 6.32. The van der Waals surface area contributed by atoms with E-state index in [2.05, 4.69) is 0 Å². The van der Waals surface area contributed by atoms with Gasteiger partial charge in [-0.05, 0) is 17.7 Å². The van der Waals surface area contributed by atoms with Crippen molar-refractivity contribution in [3.63, 3.8) is 0 Å². The Morgan fingerprint density at radius 1 is 1.22 bits per heavy atom. The van der Waals surface area contributed by atoms with Gasteiger partial charge in [-0.3, -0.25) is 0 Å². The lowest BCUT2D eigenvalue weighted by atomic mass is 10.1.